The van der Waals surface area contributed by atoms with Crippen molar-refractivity contribution in [2.45, 2.75) is 38.1 Å². The van der Waals surface area contributed by atoms with Gasteiger partial charge in [-0.1, -0.05) is 0 Å². The van der Waals surface area contributed by atoms with E-state index in [1.807, 2.05) is 6.26 Å². The quantitative estimate of drug-likeness (QED) is 0.623. The third-order valence-corrected chi connectivity index (χ3v) is 5.90. The van der Waals surface area contributed by atoms with Crippen molar-refractivity contribution in [3.05, 3.63) is 16.0 Å². The second kappa shape index (κ2) is 9.10. The van der Waals surface area contributed by atoms with Crippen LogP contribution in [0.4, 0.5) is 9.80 Å². The van der Waals surface area contributed by atoms with E-state index in [0.717, 1.165) is 36.1 Å². The Morgan fingerprint density at radius 2 is 2.04 bits per heavy atom. The van der Waals surface area contributed by atoms with Crippen molar-refractivity contribution < 1.29 is 19.1 Å². The molecule has 0 fully saturated rings. The summed E-state index contributed by atoms with van der Waals surface area (Å²) in [5.41, 5.74) is 6.86. The Morgan fingerprint density at radius 3 is 2.68 bits per heavy atom. The van der Waals surface area contributed by atoms with Crippen molar-refractivity contribution in [1.82, 2.24) is 5.32 Å². The van der Waals surface area contributed by atoms with Gasteiger partial charge >= 0.3 is 12.0 Å². The number of amides is 3. The molecule has 7 nitrogen and oxygen atoms in total. The zero-order valence-corrected chi connectivity index (χ0v) is 16.0. The smallest absolute Gasteiger partial charge is 0.328 e. The highest BCUT2D eigenvalue weighted by molar-refractivity contribution is 7.98. The van der Waals surface area contributed by atoms with Crippen LogP contribution in [0.1, 0.15) is 40.1 Å². The number of urea groups is 1. The van der Waals surface area contributed by atoms with Crippen LogP contribution in [0.15, 0.2) is 0 Å². The van der Waals surface area contributed by atoms with E-state index in [0.29, 0.717) is 22.7 Å². The van der Waals surface area contributed by atoms with Gasteiger partial charge in [0, 0.05) is 4.88 Å². The fraction of sp³-hybridized carbons (Fsp3) is 0.562. The fourth-order valence-corrected chi connectivity index (χ4v) is 4.60. The van der Waals surface area contributed by atoms with Crippen LogP contribution in [0.3, 0.4) is 0 Å². The summed E-state index contributed by atoms with van der Waals surface area (Å²) < 4.78 is 4.73. The van der Waals surface area contributed by atoms with Crippen LogP contribution < -0.4 is 16.4 Å². The van der Waals surface area contributed by atoms with Crippen molar-refractivity contribution in [2.75, 3.05) is 24.4 Å². The molecule has 1 aromatic heterocycles. The van der Waals surface area contributed by atoms with Gasteiger partial charge in [-0.05, 0) is 49.7 Å². The van der Waals surface area contributed by atoms with E-state index in [1.54, 1.807) is 11.8 Å². The number of methoxy groups -OCH3 is 1. The lowest BCUT2D eigenvalue weighted by Gasteiger charge is -2.16. The van der Waals surface area contributed by atoms with Crippen LogP contribution in [-0.4, -0.2) is 43.1 Å². The molecule has 1 heterocycles. The van der Waals surface area contributed by atoms with E-state index in [4.69, 9.17) is 10.5 Å². The second-order valence-electron chi connectivity index (χ2n) is 5.73. The molecule has 2 rings (SSSR count). The number of hydrogen-bond acceptors (Lipinski definition) is 6. The number of aryl methyl sites for hydroxylation is 1. The number of nitrogens with two attached hydrogens (primary N) is 1. The van der Waals surface area contributed by atoms with Gasteiger partial charge in [0.1, 0.15) is 11.0 Å². The summed E-state index contributed by atoms with van der Waals surface area (Å²) in [6.45, 7) is 0. The van der Waals surface area contributed by atoms with E-state index in [9.17, 15) is 14.4 Å². The van der Waals surface area contributed by atoms with E-state index in [-0.39, 0.29) is 0 Å². The number of esters is 1. The molecule has 25 heavy (non-hydrogen) atoms. The molecule has 4 N–H and O–H groups in total. The number of fused-ring (bicyclic) bond motifs is 1. The highest BCUT2D eigenvalue weighted by atomic mass is 32.2. The van der Waals surface area contributed by atoms with Crippen LogP contribution in [0.5, 0.6) is 0 Å². The molecule has 0 radical (unpaired) electrons. The molecule has 138 valence electrons. The summed E-state index contributed by atoms with van der Waals surface area (Å²) in [7, 11) is 1.28. The highest BCUT2D eigenvalue weighted by Gasteiger charge is 2.26. The fourth-order valence-electron chi connectivity index (χ4n) is 2.84. The minimum atomic E-state index is -0.732. The molecule has 0 saturated heterocycles. The first-order valence-electron chi connectivity index (χ1n) is 8.06. The molecular weight excluding hydrogens is 362 g/mol. The summed E-state index contributed by atoms with van der Waals surface area (Å²) in [6.07, 6.45) is 6.15. The Hall–Kier alpha value is -1.74. The first-order valence-corrected chi connectivity index (χ1v) is 10.3. The molecule has 0 bridgehead atoms. The Kier molecular flexibility index (Phi) is 7.12. The Bertz CT molecular complexity index is 660. The maximum Gasteiger partial charge on any atom is 0.328 e. The first kappa shape index (κ1) is 19.6. The number of nitrogens with one attached hydrogen (secondary N) is 2. The van der Waals surface area contributed by atoms with Gasteiger partial charge in [0.15, 0.2) is 0 Å². The topological polar surface area (TPSA) is 111 Å². The third-order valence-electron chi connectivity index (χ3n) is 4.05. The van der Waals surface area contributed by atoms with Gasteiger partial charge in [-0.2, -0.15) is 11.8 Å². The molecule has 1 aliphatic carbocycles. The molecule has 1 atom stereocenters. The third kappa shape index (κ3) is 4.88. The average molecular weight is 386 g/mol. The summed E-state index contributed by atoms with van der Waals surface area (Å²) in [5.74, 6) is -0.328. The zero-order valence-electron chi connectivity index (χ0n) is 14.3. The molecule has 1 unspecified atom stereocenters. The number of anilines is 1. The molecule has 1 aromatic rings. The summed E-state index contributed by atoms with van der Waals surface area (Å²) in [5, 5.41) is 5.75. The Morgan fingerprint density at radius 1 is 1.32 bits per heavy atom. The van der Waals surface area contributed by atoms with Gasteiger partial charge in [0.25, 0.3) is 5.91 Å². The number of thiophene rings is 1. The number of carbonyl (C=O) groups excluding carboxylic acids is 3. The SMILES string of the molecule is COC(=O)C(CCSC)NC(=O)Nc1sc2c(c1C(N)=O)CCCC2. The molecule has 0 aliphatic heterocycles. The lowest BCUT2D eigenvalue weighted by molar-refractivity contribution is -0.142. The molecule has 0 aromatic carbocycles. The second-order valence-corrected chi connectivity index (χ2v) is 7.83. The highest BCUT2D eigenvalue weighted by Crippen LogP contribution is 2.37. The largest absolute Gasteiger partial charge is 0.467 e. The van der Waals surface area contributed by atoms with E-state index in [1.165, 1.54) is 18.4 Å². The minimum absolute atomic E-state index is 0.397. The normalized spacial score (nSPS) is 14.3. The van der Waals surface area contributed by atoms with Crippen LogP contribution in [0.25, 0.3) is 0 Å². The van der Waals surface area contributed by atoms with Crippen LogP contribution in [0, 0.1) is 0 Å². The average Bonchev–Trinajstić information content (AvgIpc) is 2.95. The first-order chi connectivity index (χ1) is 12.0. The lowest BCUT2D eigenvalue weighted by Crippen LogP contribution is -2.44. The Labute approximate surface area is 155 Å². The predicted molar refractivity (Wildman–Crippen MR) is 100 cm³/mol. The maximum atomic E-state index is 12.3. The molecular formula is C16H23N3O4S2. The van der Waals surface area contributed by atoms with E-state index < -0.39 is 23.9 Å². The van der Waals surface area contributed by atoms with Crippen molar-refractivity contribution in [2.24, 2.45) is 5.73 Å². The summed E-state index contributed by atoms with van der Waals surface area (Å²) in [4.78, 5) is 37.0. The summed E-state index contributed by atoms with van der Waals surface area (Å²) >= 11 is 2.96. The summed E-state index contributed by atoms with van der Waals surface area (Å²) in [6, 6.07) is -1.28. The minimum Gasteiger partial charge on any atom is -0.467 e. The van der Waals surface area contributed by atoms with Crippen LogP contribution in [0.2, 0.25) is 0 Å². The monoisotopic (exact) mass is 385 g/mol. The number of hydrogen-bond donors (Lipinski definition) is 3. The van der Waals surface area contributed by atoms with Gasteiger partial charge in [0.2, 0.25) is 0 Å². The van der Waals surface area contributed by atoms with E-state index in [2.05, 4.69) is 10.6 Å². The maximum absolute atomic E-state index is 12.3. The standard InChI is InChI=1S/C16H23N3O4S2/c1-23-15(21)10(7-8-24-2)18-16(22)19-14-12(13(17)20)9-5-3-4-6-11(9)25-14/h10H,3-8H2,1-2H3,(H2,17,20)(H2,18,19,22). The molecule has 3 amide bonds. The predicted octanol–water partition coefficient (Wildman–Crippen LogP) is 2.14. The van der Waals surface area contributed by atoms with Gasteiger partial charge in [0.05, 0.1) is 12.7 Å². The van der Waals surface area contributed by atoms with Gasteiger partial charge in [-0.15, -0.1) is 11.3 Å². The number of carbonyl (C=O) groups is 3. The van der Waals surface area contributed by atoms with Crippen molar-refractivity contribution in [3.8, 4) is 0 Å². The van der Waals surface area contributed by atoms with Gasteiger partial charge in [-0.3, -0.25) is 10.1 Å². The molecule has 0 saturated carbocycles. The van der Waals surface area contributed by atoms with Crippen LogP contribution in [-0.2, 0) is 22.4 Å². The van der Waals surface area contributed by atoms with Gasteiger partial charge in [-0.25, -0.2) is 9.59 Å². The molecule has 0 spiro atoms. The zero-order chi connectivity index (χ0) is 18.4. The van der Waals surface area contributed by atoms with Crippen molar-refractivity contribution >= 4 is 46.0 Å². The van der Waals surface area contributed by atoms with Crippen molar-refractivity contribution in [1.29, 1.82) is 0 Å². The van der Waals surface area contributed by atoms with Crippen LogP contribution >= 0.6 is 23.1 Å². The number of rotatable bonds is 7. The van der Waals surface area contributed by atoms with Crippen molar-refractivity contribution in [3.63, 3.8) is 0 Å². The number of primary amides is 1. The molecule has 1 aliphatic rings. The Balaban J connectivity index is 2.12. The van der Waals surface area contributed by atoms with Gasteiger partial charge < -0.3 is 15.8 Å². The number of ether oxygens (including phenoxy) is 1. The number of thioether (sulfide) groups is 1. The lowest BCUT2D eigenvalue weighted by atomic mass is 9.95. The van der Waals surface area contributed by atoms with E-state index >= 15 is 0 Å². The molecule has 9 heteroatoms.